The smallest absolute Gasteiger partial charge is 0.249 e. The molecule has 1 aromatic carbocycles. The Labute approximate surface area is 83.8 Å². The lowest BCUT2D eigenvalue weighted by Gasteiger charge is -2.25. The molecule has 0 unspecified atom stereocenters. The Morgan fingerprint density at radius 3 is 1.93 bits per heavy atom. The van der Waals surface area contributed by atoms with Crippen molar-refractivity contribution < 1.29 is 0 Å². The van der Waals surface area contributed by atoms with E-state index in [1.807, 2.05) is 34.6 Å². The zero-order valence-electron chi connectivity index (χ0n) is 9.39. The van der Waals surface area contributed by atoms with Crippen LogP contribution >= 0.6 is 0 Å². The fourth-order valence-electron chi connectivity index (χ4n) is 1.46. The van der Waals surface area contributed by atoms with E-state index in [1.54, 1.807) is 0 Å². The van der Waals surface area contributed by atoms with Crippen LogP contribution in [-0.2, 0) is 0 Å². The largest absolute Gasteiger partial charge is 0.377 e. The first-order chi connectivity index (χ1) is 6.24. The summed E-state index contributed by atoms with van der Waals surface area (Å²) in [6, 6.07) is 0. The predicted octanol–water partition coefficient (Wildman–Crippen LogP) is 1.62. The van der Waals surface area contributed by atoms with Gasteiger partial charge in [0.05, 0.1) is 5.69 Å². The highest BCUT2D eigenvalue weighted by molar-refractivity contribution is 5.58. The molecule has 14 heavy (non-hydrogen) atoms. The Kier molecular flexibility index (Phi) is 2.52. The van der Waals surface area contributed by atoms with Gasteiger partial charge < -0.3 is 5.32 Å². The molecule has 1 N–H and O–H groups in total. The molecule has 0 spiro atoms. The molecule has 0 aromatic heterocycles. The zero-order valence-corrected chi connectivity index (χ0v) is 9.39. The van der Waals surface area contributed by atoms with Crippen LogP contribution in [0.1, 0.15) is 46.1 Å². The van der Waals surface area contributed by atoms with E-state index in [0.29, 0.717) is 11.3 Å². The van der Waals surface area contributed by atoms with Crippen LogP contribution in [0, 0.1) is 0 Å². The normalized spacial score (nSPS) is 12.4. The molecule has 0 fully saturated rings. The standard InChI is InChI=1S/C11H17NO2/c1-6(2)7-8(10(14)9(7)13)12-11(3,4)5/h6,12H,1-5H3. The molecule has 0 amide bonds. The van der Waals surface area contributed by atoms with E-state index in [-0.39, 0.29) is 22.3 Å². The van der Waals surface area contributed by atoms with Crippen molar-refractivity contribution in [3.8, 4) is 0 Å². The Morgan fingerprint density at radius 2 is 1.57 bits per heavy atom. The summed E-state index contributed by atoms with van der Waals surface area (Å²) >= 11 is 0. The third-order valence-electron chi connectivity index (χ3n) is 2.02. The van der Waals surface area contributed by atoms with E-state index >= 15 is 0 Å². The lowest BCUT2D eigenvalue weighted by atomic mass is 9.94. The van der Waals surface area contributed by atoms with E-state index in [2.05, 4.69) is 5.32 Å². The second-order valence-corrected chi connectivity index (χ2v) is 4.98. The molecule has 0 radical (unpaired) electrons. The molecule has 0 bridgehead atoms. The van der Waals surface area contributed by atoms with Crippen molar-refractivity contribution in [1.82, 2.24) is 0 Å². The molecule has 1 rings (SSSR count). The van der Waals surface area contributed by atoms with Gasteiger partial charge in [-0.15, -0.1) is 0 Å². The van der Waals surface area contributed by atoms with Gasteiger partial charge in [0.15, 0.2) is 0 Å². The summed E-state index contributed by atoms with van der Waals surface area (Å²) in [6.07, 6.45) is 0. The summed E-state index contributed by atoms with van der Waals surface area (Å²) < 4.78 is 0. The van der Waals surface area contributed by atoms with E-state index in [1.165, 1.54) is 0 Å². The van der Waals surface area contributed by atoms with E-state index in [4.69, 9.17) is 0 Å². The Morgan fingerprint density at radius 1 is 1.07 bits per heavy atom. The van der Waals surface area contributed by atoms with Crippen LogP contribution in [-0.4, -0.2) is 5.54 Å². The van der Waals surface area contributed by atoms with Gasteiger partial charge in [-0.2, -0.15) is 0 Å². The van der Waals surface area contributed by atoms with Crippen LogP contribution in [0.2, 0.25) is 0 Å². The fraction of sp³-hybridized carbons (Fsp3) is 0.636. The molecule has 0 saturated heterocycles. The van der Waals surface area contributed by atoms with Crippen LogP contribution in [0.25, 0.3) is 0 Å². The third-order valence-corrected chi connectivity index (χ3v) is 2.02. The summed E-state index contributed by atoms with van der Waals surface area (Å²) in [5, 5.41) is 3.08. The van der Waals surface area contributed by atoms with E-state index < -0.39 is 0 Å². The summed E-state index contributed by atoms with van der Waals surface area (Å²) in [5.74, 6) is 0.116. The minimum atomic E-state index is -0.372. The highest BCUT2D eigenvalue weighted by Gasteiger charge is 2.25. The quantitative estimate of drug-likeness (QED) is 0.729. The lowest BCUT2D eigenvalue weighted by molar-refractivity contribution is 0.628. The highest BCUT2D eigenvalue weighted by Crippen LogP contribution is 2.21. The van der Waals surface area contributed by atoms with Crippen molar-refractivity contribution >= 4 is 5.69 Å². The van der Waals surface area contributed by atoms with Crippen LogP contribution in [0.3, 0.4) is 0 Å². The first-order valence-corrected chi connectivity index (χ1v) is 4.85. The number of hydrogen-bond donors (Lipinski definition) is 1. The van der Waals surface area contributed by atoms with Gasteiger partial charge in [-0.25, -0.2) is 0 Å². The van der Waals surface area contributed by atoms with Crippen LogP contribution in [0.15, 0.2) is 9.59 Å². The van der Waals surface area contributed by atoms with Crippen molar-refractivity contribution in [1.29, 1.82) is 0 Å². The lowest BCUT2D eigenvalue weighted by Crippen LogP contribution is -2.43. The number of nitrogens with one attached hydrogen (secondary N) is 1. The molecule has 0 aliphatic heterocycles. The van der Waals surface area contributed by atoms with Crippen molar-refractivity contribution in [2.75, 3.05) is 5.32 Å². The first kappa shape index (κ1) is 11.0. The molecular formula is C11H17NO2. The average Bonchev–Trinajstić information content (AvgIpc) is 2.00. The highest BCUT2D eigenvalue weighted by atomic mass is 16.2. The molecule has 0 heterocycles. The van der Waals surface area contributed by atoms with Crippen molar-refractivity contribution in [2.24, 2.45) is 0 Å². The average molecular weight is 195 g/mol. The number of hydrogen-bond acceptors (Lipinski definition) is 3. The molecule has 0 aliphatic rings. The molecule has 0 atom stereocenters. The maximum atomic E-state index is 11.3. The maximum absolute atomic E-state index is 11.3. The van der Waals surface area contributed by atoms with Gasteiger partial charge in [0, 0.05) is 11.1 Å². The van der Waals surface area contributed by atoms with Gasteiger partial charge in [0.25, 0.3) is 0 Å². The van der Waals surface area contributed by atoms with Gasteiger partial charge in [-0.1, -0.05) is 13.8 Å². The van der Waals surface area contributed by atoms with Gasteiger partial charge in [-0.05, 0) is 26.7 Å². The van der Waals surface area contributed by atoms with E-state index in [9.17, 15) is 9.59 Å². The van der Waals surface area contributed by atoms with Gasteiger partial charge in [-0.3, -0.25) is 9.59 Å². The van der Waals surface area contributed by atoms with Gasteiger partial charge in [0.1, 0.15) is 0 Å². The number of rotatable bonds is 2. The Bertz CT molecular complexity index is 403. The fourth-order valence-corrected chi connectivity index (χ4v) is 1.46. The Hall–Kier alpha value is -1.12. The summed E-state index contributed by atoms with van der Waals surface area (Å²) in [4.78, 5) is 22.5. The summed E-state index contributed by atoms with van der Waals surface area (Å²) in [7, 11) is 0. The molecule has 0 aliphatic carbocycles. The second-order valence-electron chi connectivity index (χ2n) is 4.98. The molecule has 1 aromatic rings. The summed E-state index contributed by atoms with van der Waals surface area (Å²) in [6.45, 7) is 9.74. The van der Waals surface area contributed by atoms with E-state index in [0.717, 1.165) is 0 Å². The molecule has 0 saturated carbocycles. The third kappa shape index (κ3) is 1.86. The first-order valence-electron chi connectivity index (χ1n) is 4.85. The van der Waals surface area contributed by atoms with Crippen molar-refractivity contribution in [2.45, 2.75) is 46.1 Å². The SMILES string of the molecule is CC(C)c1c(NC(C)(C)C)c(=O)c1=O. The zero-order chi connectivity index (χ0) is 11.1. The predicted molar refractivity (Wildman–Crippen MR) is 58.8 cm³/mol. The van der Waals surface area contributed by atoms with Crippen molar-refractivity contribution in [3.05, 3.63) is 26.0 Å². The Balaban J connectivity index is 3.06. The van der Waals surface area contributed by atoms with Crippen LogP contribution < -0.4 is 16.2 Å². The summed E-state index contributed by atoms with van der Waals surface area (Å²) in [5.41, 5.74) is 0.282. The van der Waals surface area contributed by atoms with Crippen LogP contribution in [0.5, 0.6) is 0 Å². The molecule has 3 heteroatoms. The monoisotopic (exact) mass is 195 g/mol. The van der Waals surface area contributed by atoms with Crippen molar-refractivity contribution in [3.63, 3.8) is 0 Å². The topological polar surface area (TPSA) is 46.2 Å². The van der Waals surface area contributed by atoms with Crippen LogP contribution in [0.4, 0.5) is 5.69 Å². The number of anilines is 1. The molecule has 78 valence electrons. The van der Waals surface area contributed by atoms with Gasteiger partial charge >= 0.3 is 0 Å². The molecular weight excluding hydrogens is 178 g/mol. The maximum Gasteiger partial charge on any atom is 0.249 e. The molecule has 3 nitrogen and oxygen atoms in total. The van der Waals surface area contributed by atoms with Gasteiger partial charge in [0.2, 0.25) is 10.9 Å². The minimum Gasteiger partial charge on any atom is -0.377 e. The second kappa shape index (κ2) is 3.23. The minimum absolute atomic E-state index is 0.116.